The molecule has 1 nitrogen and oxygen atoms in total. The molecular formula is C14H10Cl2OS2. The standard InChI is InChI=1S/C14H10Cl2OS2/c15-9-2-1-3-10(16)8(9)6-11(17)13-7-14-12(19-13)4-5-18-14/h1-5,7,11,17H,6H2. The number of aliphatic hydroxyl groups is 1. The molecule has 3 aromatic rings. The highest BCUT2D eigenvalue weighted by molar-refractivity contribution is 7.26. The fraction of sp³-hybridized carbons (Fsp3) is 0.143. The Kier molecular flexibility index (Phi) is 3.83. The summed E-state index contributed by atoms with van der Waals surface area (Å²) in [6.45, 7) is 0. The second-order valence-electron chi connectivity index (χ2n) is 4.22. The maximum Gasteiger partial charge on any atom is 0.0923 e. The number of aliphatic hydroxyl groups excluding tert-OH is 1. The first-order chi connectivity index (χ1) is 9.15. The van der Waals surface area contributed by atoms with E-state index in [1.807, 2.05) is 12.1 Å². The van der Waals surface area contributed by atoms with Gasteiger partial charge in [-0.15, -0.1) is 22.7 Å². The lowest BCUT2D eigenvalue weighted by atomic mass is 10.1. The van der Waals surface area contributed by atoms with E-state index in [1.54, 1.807) is 34.8 Å². The van der Waals surface area contributed by atoms with E-state index in [1.165, 1.54) is 9.40 Å². The van der Waals surface area contributed by atoms with Gasteiger partial charge in [-0.1, -0.05) is 29.3 Å². The van der Waals surface area contributed by atoms with Crippen LogP contribution in [0.4, 0.5) is 0 Å². The number of benzene rings is 1. The highest BCUT2D eigenvalue weighted by Gasteiger charge is 2.16. The third-order valence-corrected chi connectivity index (χ3v) is 5.85. The first kappa shape index (κ1) is 13.4. The van der Waals surface area contributed by atoms with Gasteiger partial charge in [0.1, 0.15) is 0 Å². The SMILES string of the molecule is OC(Cc1c(Cl)cccc1Cl)c1cc2sccc2s1. The topological polar surface area (TPSA) is 20.2 Å². The van der Waals surface area contributed by atoms with Crippen LogP contribution in [-0.4, -0.2) is 5.11 Å². The maximum absolute atomic E-state index is 10.3. The molecule has 1 aromatic carbocycles. The molecule has 19 heavy (non-hydrogen) atoms. The average Bonchev–Trinajstić information content (AvgIpc) is 2.94. The van der Waals surface area contributed by atoms with Crippen molar-refractivity contribution >= 4 is 55.3 Å². The predicted octanol–water partition coefficient (Wildman–Crippen LogP) is 5.55. The van der Waals surface area contributed by atoms with Crippen molar-refractivity contribution in [2.24, 2.45) is 0 Å². The van der Waals surface area contributed by atoms with Gasteiger partial charge >= 0.3 is 0 Å². The number of hydrogen-bond acceptors (Lipinski definition) is 3. The second-order valence-corrected chi connectivity index (χ2v) is 7.10. The highest BCUT2D eigenvalue weighted by atomic mass is 35.5. The van der Waals surface area contributed by atoms with Crippen LogP contribution in [0.2, 0.25) is 10.0 Å². The van der Waals surface area contributed by atoms with Crippen LogP contribution in [0.15, 0.2) is 35.7 Å². The van der Waals surface area contributed by atoms with E-state index in [0.717, 1.165) is 10.4 Å². The smallest absolute Gasteiger partial charge is 0.0923 e. The van der Waals surface area contributed by atoms with Crippen molar-refractivity contribution in [3.8, 4) is 0 Å². The molecule has 1 atom stereocenters. The quantitative estimate of drug-likeness (QED) is 0.668. The first-order valence-electron chi connectivity index (χ1n) is 5.73. The van der Waals surface area contributed by atoms with Crippen molar-refractivity contribution in [1.29, 1.82) is 0 Å². The summed E-state index contributed by atoms with van der Waals surface area (Å²) in [5, 5.41) is 13.6. The zero-order valence-corrected chi connectivity index (χ0v) is 12.9. The van der Waals surface area contributed by atoms with Crippen LogP contribution in [-0.2, 0) is 6.42 Å². The molecule has 0 spiro atoms. The van der Waals surface area contributed by atoms with Crippen LogP contribution in [0, 0.1) is 0 Å². The fourth-order valence-electron chi connectivity index (χ4n) is 1.97. The van der Waals surface area contributed by atoms with Crippen molar-refractivity contribution in [2.75, 3.05) is 0 Å². The van der Waals surface area contributed by atoms with Crippen molar-refractivity contribution in [3.05, 3.63) is 56.2 Å². The normalized spacial score (nSPS) is 13.0. The summed E-state index contributed by atoms with van der Waals surface area (Å²) >= 11 is 15.6. The number of rotatable bonds is 3. The zero-order chi connectivity index (χ0) is 13.4. The third-order valence-electron chi connectivity index (χ3n) is 2.95. The van der Waals surface area contributed by atoms with Gasteiger partial charge in [-0.2, -0.15) is 0 Å². The van der Waals surface area contributed by atoms with Crippen LogP contribution < -0.4 is 0 Å². The summed E-state index contributed by atoms with van der Waals surface area (Å²) in [7, 11) is 0. The van der Waals surface area contributed by atoms with Crippen LogP contribution >= 0.6 is 45.9 Å². The van der Waals surface area contributed by atoms with Gasteiger partial charge in [0.25, 0.3) is 0 Å². The van der Waals surface area contributed by atoms with Gasteiger partial charge in [0.05, 0.1) is 6.10 Å². The summed E-state index contributed by atoms with van der Waals surface area (Å²) in [6.07, 6.45) is -0.131. The molecule has 98 valence electrons. The third kappa shape index (κ3) is 2.67. The zero-order valence-electron chi connectivity index (χ0n) is 9.77. The van der Waals surface area contributed by atoms with Gasteiger partial charge < -0.3 is 5.11 Å². The molecule has 0 saturated heterocycles. The molecule has 5 heteroatoms. The Bertz CT molecular complexity index is 668. The van der Waals surface area contributed by atoms with Gasteiger partial charge in [0.15, 0.2) is 0 Å². The Morgan fingerprint density at radius 2 is 1.84 bits per heavy atom. The molecule has 0 saturated carbocycles. The van der Waals surface area contributed by atoms with Crippen molar-refractivity contribution in [1.82, 2.24) is 0 Å². The molecule has 0 fully saturated rings. The fourth-order valence-corrected chi connectivity index (χ4v) is 4.63. The summed E-state index contributed by atoms with van der Waals surface area (Å²) < 4.78 is 2.42. The Balaban J connectivity index is 1.88. The molecular weight excluding hydrogens is 319 g/mol. The molecule has 3 rings (SSSR count). The van der Waals surface area contributed by atoms with E-state index in [-0.39, 0.29) is 0 Å². The molecule has 1 unspecified atom stereocenters. The summed E-state index contributed by atoms with van der Waals surface area (Å²) in [4.78, 5) is 0.956. The molecule has 0 aliphatic carbocycles. The Hall–Kier alpha value is -0.580. The number of halogens is 2. The van der Waals surface area contributed by atoms with E-state index in [2.05, 4.69) is 11.4 Å². The molecule has 1 N–H and O–H groups in total. The lowest BCUT2D eigenvalue weighted by Gasteiger charge is -2.11. The lowest BCUT2D eigenvalue weighted by Crippen LogP contribution is -2.00. The molecule has 0 bridgehead atoms. The Labute approximate surface area is 129 Å². The van der Waals surface area contributed by atoms with E-state index >= 15 is 0 Å². The van der Waals surface area contributed by atoms with Crippen LogP contribution in [0.25, 0.3) is 9.40 Å². The minimum atomic E-state index is -0.568. The number of thiophene rings is 2. The van der Waals surface area contributed by atoms with Gasteiger partial charge in [-0.3, -0.25) is 0 Å². The largest absolute Gasteiger partial charge is 0.387 e. The second kappa shape index (κ2) is 5.43. The molecule has 0 radical (unpaired) electrons. The van der Waals surface area contributed by atoms with E-state index in [0.29, 0.717) is 16.5 Å². The molecule has 0 amide bonds. The van der Waals surface area contributed by atoms with Crippen molar-refractivity contribution < 1.29 is 5.11 Å². The van der Waals surface area contributed by atoms with Crippen LogP contribution in [0.1, 0.15) is 16.5 Å². The van der Waals surface area contributed by atoms with Gasteiger partial charge in [-0.25, -0.2) is 0 Å². The summed E-state index contributed by atoms with van der Waals surface area (Å²) in [6, 6.07) is 9.51. The average molecular weight is 329 g/mol. The predicted molar refractivity (Wildman–Crippen MR) is 84.8 cm³/mol. The van der Waals surface area contributed by atoms with E-state index in [4.69, 9.17) is 23.2 Å². The van der Waals surface area contributed by atoms with Crippen molar-refractivity contribution in [3.63, 3.8) is 0 Å². The van der Waals surface area contributed by atoms with Crippen LogP contribution in [0.5, 0.6) is 0 Å². The van der Waals surface area contributed by atoms with Gasteiger partial charge in [0.2, 0.25) is 0 Å². The molecule has 2 aromatic heterocycles. The Morgan fingerprint density at radius 3 is 2.53 bits per heavy atom. The minimum absolute atomic E-state index is 0.437. The molecule has 0 aliphatic rings. The minimum Gasteiger partial charge on any atom is -0.387 e. The number of hydrogen-bond donors (Lipinski definition) is 1. The van der Waals surface area contributed by atoms with Gasteiger partial charge in [0, 0.05) is 30.7 Å². The van der Waals surface area contributed by atoms with Crippen LogP contribution in [0.3, 0.4) is 0 Å². The molecule has 0 aliphatic heterocycles. The van der Waals surface area contributed by atoms with E-state index in [9.17, 15) is 5.11 Å². The number of fused-ring (bicyclic) bond motifs is 1. The monoisotopic (exact) mass is 328 g/mol. The highest BCUT2D eigenvalue weighted by Crippen LogP contribution is 2.36. The lowest BCUT2D eigenvalue weighted by molar-refractivity contribution is 0.182. The van der Waals surface area contributed by atoms with E-state index < -0.39 is 6.10 Å². The first-order valence-corrected chi connectivity index (χ1v) is 8.18. The maximum atomic E-state index is 10.3. The Morgan fingerprint density at radius 1 is 1.11 bits per heavy atom. The van der Waals surface area contributed by atoms with Gasteiger partial charge in [-0.05, 0) is 35.2 Å². The van der Waals surface area contributed by atoms with Crippen molar-refractivity contribution in [2.45, 2.75) is 12.5 Å². The molecule has 2 heterocycles. The summed E-state index contributed by atoms with van der Waals surface area (Å²) in [5.41, 5.74) is 0.801. The summed E-state index contributed by atoms with van der Waals surface area (Å²) in [5.74, 6) is 0.